The van der Waals surface area contributed by atoms with Gasteiger partial charge in [0.05, 0.1) is 11.4 Å². The maximum atomic E-state index is 5.90. The van der Waals surface area contributed by atoms with Crippen LogP contribution in [0.3, 0.4) is 0 Å². The van der Waals surface area contributed by atoms with Crippen LogP contribution in [0, 0.1) is 5.92 Å². The summed E-state index contributed by atoms with van der Waals surface area (Å²) in [4.78, 5) is 4.97. The molecule has 4 rings (SSSR count). The molecule has 0 saturated heterocycles. The molecule has 2 aliphatic carbocycles. The maximum Gasteiger partial charge on any atom is 0.257 e. The van der Waals surface area contributed by atoms with Crippen LogP contribution in [0.25, 0.3) is 10.8 Å². The van der Waals surface area contributed by atoms with Crippen molar-refractivity contribution in [2.75, 3.05) is 13.6 Å². The summed E-state index contributed by atoms with van der Waals surface area (Å²) in [6.45, 7) is 1.90. The fraction of sp³-hybridized carbons (Fsp3) is 0.647. The third-order valence-corrected chi connectivity index (χ3v) is 6.10. The molecule has 2 heterocycles. The summed E-state index contributed by atoms with van der Waals surface area (Å²) < 4.78 is 5.90. The molecule has 0 spiro atoms. The van der Waals surface area contributed by atoms with Crippen molar-refractivity contribution in [2.45, 2.75) is 51.5 Å². The minimum absolute atomic E-state index is 0.700. The maximum absolute atomic E-state index is 5.90. The molecule has 1 fully saturated rings. The van der Waals surface area contributed by atoms with Gasteiger partial charge in [0.2, 0.25) is 5.89 Å². The van der Waals surface area contributed by atoms with E-state index in [0.717, 1.165) is 29.8 Å². The molecule has 0 N–H and O–H groups in total. The molecule has 118 valence electrons. The molecule has 0 bridgehead atoms. The highest BCUT2D eigenvalue weighted by Crippen LogP contribution is 2.35. The quantitative estimate of drug-likeness (QED) is 0.838. The molecular weight excluding hydrogens is 294 g/mol. The van der Waals surface area contributed by atoms with Crippen molar-refractivity contribution < 1.29 is 4.42 Å². The van der Waals surface area contributed by atoms with Gasteiger partial charge in [0.15, 0.2) is 0 Å². The van der Waals surface area contributed by atoms with Gasteiger partial charge < -0.3 is 4.42 Å². The van der Waals surface area contributed by atoms with Gasteiger partial charge in [0.1, 0.15) is 0 Å². The number of rotatable bonds is 5. The smallest absolute Gasteiger partial charge is 0.257 e. The normalized spacial score (nSPS) is 18.5. The standard InChI is InChI=1S/C17H23N3OS/c1-20(10-12-5-4-6-12)11-16-18-19-17(21-16)15-9-13-7-2-3-8-14(13)22-15/h9,12H,2-8,10-11H2,1H3. The SMILES string of the molecule is CN(Cc1nnc(-c2cc3c(s2)CCCC3)o1)CC1CCC1. The minimum atomic E-state index is 0.700. The second-order valence-electron chi connectivity index (χ2n) is 6.76. The largest absolute Gasteiger partial charge is 0.419 e. The van der Waals surface area contributed by atoms with E-state index in [1.807, 2.05) is 11.3 Å². The molecule has 4 nitrogen and oxygen atoms in total. The van der Waals surface area contributed by atoms with Gasteiger partial charge in [-0.05, 0) is 63.1 Å². The zero-order chi connectivity index (χ0) is 14.9. The average Bonchev–Trinajstić information content (AvgIpc) is 3.08. The Labute approximate surface area is 135 Å². The van der Waals surface area contributed by atoms with Gasteiger partial charge in [-0.3, -0.25) is 4.90 Å². The Hall–Kier alpha value is -1.20. The second kappa shape index (κ2) is 6.13. The minimum Gasteiger partial charge on any atom is -0.419 e. The molecule has 0 radical (unpaired) electrons. The van der Waals surface area contributed by atoms with Crippen LogP contribution in [0.1, 0.15) is 48.4 Å². The highest BCUT2D eigenvalue weighted by Gasteiger charge is 2.21. The summed E-state index contributed by atoms with van der Waals surface area (Å²) in [6, 6.07) is 2.26. The van der Waals surface area contributed by atoms with Crippen LogP contribution < -0.4 is 0 Å². The number of aryl methyl sites for hydroxylation is 2. The van der Waals surface area contributed by atoms with Crippen LogP contribution in [0.15, 0.2) is 10.5 Å². The number of thiophene rings is 1. The molecule has 0 unspecified atom stereocenters. The first-order chi connectivity index (χ1) is 10.8. The van der Waals surface area contributed by atoms with Gasteiger partial charge in [-0.25, -0.2) is 0 Å². The van der Waals surface area contributed by atoms with Gasteiger partial charge in [-0.2, -0.15) is 0 Å². The first-order valence-corrected chi connectivity index (χ1v) is 9.22. The Bertz CT molecular complexity index is 621. The Morgan fingerprint density at radius 1 is 1.23 bits per heavy atom. The topological polar surface area (TPSA) is 42.2 Å². The number of hydrogen-bond donors (Lipinski definition) is 0. The lowest BCUT2D eigenvalue weighted by Crippen LogP contribution is -2.29. The van der Waals surface area contributed by atoms with E-state index < -0.39 is 0 Å². The highest BCUT2D eigenvalue weighted by atomic mass is 32.1. The summed E-state index contributed by atoms with van der Waals surface area (Å²) in [6.07, 6.45) is 9.19. The predicted octanol–water partition coefficient (Wildman–Crippen LogP) is 3.91. The van der Waals surface area contributed by atoms with Gasteiger partial charge in [-0.1, -0.05) is 6.42 Å². The van der Waals surface area contributed by atoms with Crippen molar-refractivity contribution in [1.29, 1.82) is 0 Å². The molecule has 0 aromatic carbocycles. The van der Waals surface area contributed by atoms with Crippen molar-refractivity contribution in [3.8, 4) is 10.8 Å². The summed E-state index contributed by atoms with van der Waals surface area (Å²) in [5.41, 5.74) is 1.49. The summed E-state index contributed by atoms with van der Waals surface area (Å²) in [5.74, 6) is 2.31. The van der Waals surface area contributed by atoms with Crippen LogP contribution in [0.2, 0.25) is 0 Å². The summed E-state index contributed by atoms with van der Waals surface area (Å²) in [7, 11) is 2.14. The van der Waals surface area contributed by atoms with Crippen molar-refractivity contribution >= 4 is 11.3 Å². The molecule has 2 aromatic heterocycles. The number of fused-ring (bicyclic) bond motifs is 1. The van der Waals surface area contributed by atoms with Gasteiger partial charge >= 0.3 is 0 Å². The molecule has 0 amide bonds. The van der Waals surface area contributed by atoms with E-state index in [0.29, 0.717) is 5.89 Å². The predicted molar refractivity (Wildman–Crippen MR) is 87.9 cm³/mol. The Kier molecular flexibility index (Phi) is 4.01. The second-order valence-corrected chi connectivity index (χ2v) is 7.90. The lowest BCUT2D eigenvalue weighted by molar-refractivity contribution is 0.189. The fourth-order valence-corrected chi connectivity index (χ4v) is 4.60. The highest BCUT2D eigenvalue weighted by molar-refractivity contribution is 7.15. The molecule has 2 aliphatic rings. The third-order valence-electron chi connectivity index (χ3n) is 4.87. The fourth-order valence-electron chi connectivity index (χ4n) is 3.42. The Balaban J connectivity index is 1.43. The van der Waals surface area contributed by atoms with E-state index in [4.69, 9.17) is 4.42 Å². The van der Waals surface area contributed by atoms with Crippen LogP contribution >= 0.6 is 11.3 Å². The molecule has 22 heavy (non-hydrogen) atoms. The van der Waals surface area contributed by atoms with Crippen molar-refractivity contribution in [3.05, 3.63) is 22.4 Å². The van der Waals surface area contributed by atoms with Crippen LogP contribution in [0.5, 0.6) is 0 Å². The van der Waals surface area contributed by atoms with Crippen molar-refractivity contribution in [3.63, 3.8) is 0 Å². The molecule has 0 aliphatic heterocycles. The van der Waals surface area contributed by atoms with Crippen LogP contribution in [0.4, 0.5) is 0 Å². The lowest BCUT2D eigenvalue weighted by Gasteiger charge is -2.29. The molecule has 1 saturated carbocycles. The Morgan fingerprint density at radius 2 is 2.09 bits per heavy atom. The average molecular weight is 317 g/mol. The van der Waals surface area contributed by atoms with E-state index in [1.54, 1.807) is 0 Å². The molecule has 2 aromatic rings. The number of nitrogens with zero attached hydrogens (tertiary/aromatic N) is 3. The van der Waals surface area contributed by atoms with E-state index in [-0.39, 0.29) is 0 Å². The number of hydrogen-bond acceptors (Lipinski definition) is 5. The summed E-state index contributed by atoms with van der Waals surface area (Å²) in [5, 5.41) is 8.50. The van der Waals surface area contributed by atoms with Gasteiger partial charge in [0.25, 0.3) is 5.89 Å². The zero-order valence-electron chi connectivity index (χ0n) is 13.2. The summed E-state index contributed by atoms with van der Waals surface area (Å²) >= 11 is 1.83. The monoisotopic (exact) mass is 317 g/mol. The molecular formula is C17H23N3OS. The third kappa shape index (κ3) is 2.97. The van der Waals surface area contributed by atoms with E-state index in [9.17, 15) is 0 Å². The number of aromatic nitrogens is 2. The van der Waals surface area contributed by atoms with Crippen LogP contribution in [-0.2, 0) is 19.4 Å². The van der Waals surface area contributed by atoms with Crippen molar-refractivity contribution in [2.24, 2.45) is 5.92 Å². The van der Waals surface area contributed by atoms with Crippen molar-refractivity contribution in [1.82, 2.24) is 15.1 Å². The first-order valence-electron chi connectivity index (χ1n) is 8.41. The van der Waals surface area contributed by atoms with Crippen LogP contribution in [-0.4, -0.2) is 28.7 Å². The Morgan fingerprint density at radius 3 is 2.86 bits per heavy atom. The zero-order valence-corrected chi connectivity index (χ0v) is 14.0. The molecule has 0 atom stereocenters. The van der Waals surface area contributed by atoms with E-state index in [1.165, 1.54) is 55.4 Å². The van der Waals surface area contributed by atoms with E-state index in [2.05, 4.69) is 28.2 Å². The van der Waals surface area contributed by atoms with E-state index >= 15 is 0 Å². The van der Waals surface area contributed by atoms with Gasteiger partial charge in [-0.15, -0.1) is 21.5 Å². The molecule has 5 heteroatoms. The van der Waals surface area contributed by atoms with Gasteiger partial charge in [0, 0.05) is 11.4 Å². The lowest BCUT2D eigenvalue weighted by atomic mass is 9.85. The first kappa shape index (κ1) is 14.4.